The van der Waals surface area contributed by atoms with E-state index in [4.69, 9.17) is 4.42 Å². The third kappa shape index (κ3) is 1.30. The van der Waals surface area contributed by atoms with Crippen molar-refractivity contribution in [2.45, 2.75) is 13.8 Å². The van der Waals surface area contributed by atoms with Crippen LogP contribution in [0.3, 0.4) is 0 Å². The third-order valence-electron chi connectivity index (χ3n) is 4.10. The molecule has 0 radical (unpaired) electrons. The summed E-state index contributed by atoms with van der Waals surface area (Å²) in [7, 11) is 0. The highest BCUT2D eigenvalue weighted by molar-refractivity contribution is 6.20. The van der Waals surface area contributed by atoms with Gasteiger partial charge in [-0.15, -0.1) is 0 Å². The number of para-hydroxylation sites is 1. The van der Waals surface area contributed by atoms with Crippen molar-refractivity contribution in [1.82, 2.24) is 0 Å². The highest BCUT2D eigenvalue weighted by Gasteiger charge is 2.14. The van der Waals surface area contributed by atoms with Crippen molar-refractivity contribution in [3.05, 3.63) is 59.7 Å². The lowest BCUT2D eigenvalue weighted by Gasteiger charge is -2.07. The lowest BCUT2D eigenvalue weighted by molar-refractivity contribution is 0.665. The summed E-state index contributed by atoms with van der Waals surface area (Å²) in [5, 5.41) is 5.05. The van der Waals surface area contributed by atoms with Crippen molar-refractivity contribution in [2.75, 3.05) is 0 Å². The summed E-state index contributed by atoms with van der Waals surface area (Å²) in [4.78, 5) is 0. The van der Waals surface area contributed by atoms with E-state index in [0.717, 1.165) is 11.2 Å². The number of rotatable bonds is 0. The summed E-state index contributed by atoms with van der Waals surface area (Å²) >= 11 is 0. The predicted octanol–water partition coefficient (Wildman–Crippen LogP) is 5.36. The predicted molar refractivity (Wildman–Crippen MR) is 80.7 cm³/mol. The molecule has 1 aromatic heterocycles. The average Bonchev–Trinajstić information content (AvgIpc) is 2.84. The van der Waals surface area contributed by atoms with Gasteiger partial charge in [0.05, 0.1) is 0 Å². The molecule has 0 unspecified atom stereocenters. The zero-order chi connectivity index (χ0) is 13.0. The smallest absolute Gasteiger partial charge is 0.139 e. The van der Waals surface area contributed by atoms with E-state index < -0.39 is 0 Å². The molecule has 0 bridgehead atoms. The highest BCUT2D eigenvalue weighted by atomic mass is 16.3. The normalized spacial score (nSPS) is 11.7. The van der Waals surface area contributed by atoms with Gasteiger partial charge in [-0.1, -0.05) is 42.5 Å². The van der Waals surface area contributed by atoms with E-state index in [-0.39, 0.29) is 0 Å². The van der Waals surface area contributed by atoms with Gasteiger partial charge in [-0.2, -0.15) is 0 Å². The summed E-state index contributed by atoms with van der Waals surface area (Å²) in [6.45, 7) is 4.32. The van der Waals surface area contributed by atoms with Gasteiger partial charge in [0.2, 0.25) is 0 Å². The van der Waals surface area contributed by atoms with Gasteiger partial charge in [-0.05, 0) is 41.8 Å². The summed E-state index contributed by atoms with van der Waals surface area (Å²) < 4.78 is 6.07. The molecule has 4 aromatic rings. The third-order valence-corrected chi connectivity index (χ3v) is 4.10. The summed E-state index contributed by atoms with van der Waals surface area (Å²) in [6, 6.07) is 16.9. The molecule has 0 atom stereocenters. The number of aryl methyl sites for hydroxylation is 2. The Bertz CT molecular complexity index is 929. The molecule has 0 fully saturated rings. The lowest BCUT2D eigenvalue weighted by atomic mass is 9.96. The zero-order valence-electron chi connectivity index (χ0n) is 11.0. The molecule has 0 aliphatic carbocycles. The molecule has 0 amide bonds. The quantitative estimate of drug-likeness (QED) is 0.407. The van der Waals surface area contributed by atoms with Gasteiger partial charge in [-0.25, -0.2) is 0 Å². The van der Waals surface area contributed by atoms with Crippen LogP contribution >= 0.6 is 0 Å². The first kappa shape index (κ1) is 10.6. The maximum atomic E-state index is 6.07. The first-order valence-electron chi connectivity index (χ1n) is 6.56. The SMILES string of the molecule is Cc1c(C)c2oc3ccccc3c2c2ccccc12. The standard InChI is InChI=1S/C18H14O/c1-11-12(2)18-17(14-8-4-3-7-13(11)14)15-9-5-6-10-16(15)19-18/h3-10H,1-2H3. The summed E-state index contributed by atoms with van der Waals surface area (Å²) in [6.07, 6.45) is 0. The molecular formula is C18H14O. The maximum absolute atomic E-state index is 6.07. The van der Waals surface area contributed by atoms with E-state index >= 15 is 0 Å². The molecule has 19 heavy (non-hydrogen) atoms. The molecule has 0 aliphatic rings. The fourth-order valence-electron chi connectivity index (χ4n) is 2.98. The average molecular weight is 246 g/mol. The van der Waals surface area contributed by atoms with Crippen molar-refractivity contribution in [1.29, 1.82) is 0 Å². The largest absolute Gasteiger partial charge is 0.456 e. The van der Waals surface area contributed by atoms with Crippen LogP contribution in [0.4, 0.5) is 0 Å². The van der Waals surface area contributed by atoms with Gasteiger partial charge in [0.1, 0.15) is 11.2 Å². The van der Waals surface area contributed by atoms with Crippen LogP contribution in [0.15, 0.2) is 52.9 Å². The van der Waals surface area contributed by atoms with Crippen LogP contribution in [-0.2, 0) is 0 Å². The van der Waals surface area contributed by atoms with E-state index in [0.29, 0.717) is 0 Å². The van der Waals surface area contributed by atoms with Crippen molar-refractivity contribution >= 4 is 32.7 Å². The van der Waals surface area contributed by atoms with Crippen LogP contribution in [0.1, 0.15) is 11.1 Å². The molecule has 1 heterocycles. The van der Waals surface area contributed by atoms with E-state index in [1.165, 1.54) is 32.7 Å². The molecule has 0 aliphatic heterocycles. The van der Waals surface area contributed by atoms with Gasteiger partial charge in [0, 0.05) is 10.8 Å². The molecule has 0 saturated carbocycles. The second-order valence-electron chi connectivity index (χ2n) is 5.10. The molecule has 92 valence electrons. The van der Waals surface area contributed by atoms with Gasteiger partial charge in [0.25, 0.3) is 0 Å². The minimum absolute atomic E-state index is 0.969. The van der Waals surface area contributed by atoms with Gasteiger partial charge >= 0.3 is 0 Å². The molecule has 1 nitrogen and oxygen atoms in total. The Morgan fingerprint density at radius 3 is 2.11 bits per heavy atom. The highest BCUT2D eigenvalue weighted by Crippen LogP contribution is 2.38. The topological polar surface area (TPSA) is 13.1 Å². The van der Waals surface area contributed by atoms with Crippen molar-refractivity contribution in [2.24, 2.45) is 0 Å². The number of furan rings is 1. The minimum Gasteiger partial charge on any atom is -0.456 e. The van der Waals surface area contributed by atoms with Crippen LogP contribution < -0.4 is 0 Å². The number of benzene rings is 3. The van der Waals surface area contributed by atoms with Gasteiger partial charge < -0.3 is 4.42 Å². The summed E-state index contributed by atoms with van der Waals surface area (Å²) in [5.41, 5.74) is 4.54. The molecule has 3 aromatic carbocycles. The first-order chi connectivity index (χ1) is 9.27. The molecule has 0 N–H and O–H groups in total. The van der Waals surface area contributed by atoms with E-state index in [1.54, 1.807) is 0 Å². The molecule has 4 rings (SSSR count). The van der Waals surface area contributed by atoms with E-state index in [1.807, 2.05) is 12.1 Å². The second kappa shape index (κ2) is 3.61. The van der Waals surface area contributed by atoms with Crippen LogP contribution in [0, 0.1) is 13.8 Å². The second-order valence-corrected chi connectivity index (χ2v) is 5.10. The Morgan fingerprint density at radius 2 is 1.32 bits per heavy atom. The van der Waals surface area contributed by atoms with Crippen LogP contribution in [0.25, 0.3) is 32.7 Å². The van der Waals surface area contributed by atoms with Crippen LogP contribution in [0.2, 0.25) is 0 Å². The Labute approximate surface area is 111 Å². The Kier molecular flexibility index (Phi) is 2.02. The number of hydrogen-bond acceptors (Lipinski definition) is 1. The van der Waals surface area contributed by atoms with Crippen molar-refractivity contribution < 1.29 is 4.42 Å². The zero-order valence-corrected chi connectivity index (χ0v) is 11.0. The number of hydrogen-bond donors (Lipinski definition) is 0. The van der Waals surface area contributed by atoms with E-state index in [2.05, 4.69) is 50.2 Å². The molecule has 0 spiro atoms. The Balaban J connectivity index is 2.43. The fourth-order valence-corrected chi connectivity index (χ4v) is 2.98. The van der Waals surface area contributed by atoms with Gasteiger partial charge in [-0.3, -0.25) is 0 Å². The Morgan fingerprint density at radius 1 is 0.684 bits per heavy atom. The van der Waals surface area contributed by atoms with Crippen LogP contribution in [0.5, 0.6) is 0 Å². The maximum Gasteiger partial charge on any atom is 0.139 e. The summed E-state index contributed by atoms with van der Waals surface area (Å²) in [5.74, 6) is 0. The monoisotopic (exact) mass is 246 g/mol. The lowest BCUT2D eigenvalue weighted by Crippen LogP contribution is -1.85. The first-order valence-corrected chi connectivity index (χ1v) is 6.56. The van der Waals surface area contributed by atoms with Crippen molar-refractivity contribution in [3.8, 4) is 0 Å². The minimum atomic E-state index is 0.969. The Hall–Kier alpha value is -2.28. The van der Waals surface area contributed by atoms with Gasteiger partial charge in [0.15, 0.2) is 0 Å². The molecule has 1 heteroatoms. The molecular weight excluding hydrogens is 232 g/mol. The molecule has 0 saturated heterocycles. The van der Waals surface area contributed by atoms with E-state index in [9.17, 15) is 0 Å². The fraction of sp³-hybridized carbons (Fsp3) is 0.111. The van der Waals surface area contributed by atoms with Crippen molar-refractivity contribution in [3.63, 3.8) is 0 Å². The van der Waals surface area contributed by atoms with Crippen LogP contribution in [-0.4, -0.2) is 0 Å². The number of fused-ring (bicyclic) bond motifs is 5.